The highest BCUT2D eigenvalue weighted by molar-refractivity contribution is 5.92. The number of anilines is 1. The van der Waals surface area contributed by atoms with Gasteiger partial charge in [-0.3, -0.25) is 4.79 Å². The van der Waals surface area contributed by atoms with Gasteiger partial charge in [-0.25, -0.2) is 4.79 Å². The molecule has 4 heteroatoms. The molecule has 0 saturated carbocycles. The van der Waals surface area contributed by atoms with Crippen LogP contribution < -0.4 is 5.32 Å². The lowest BCUT2D eigenvalue weighted by Gasteiger charge is -2.08. The quantitative estimate of drug-likeness (QED) is 0.786. The van der Waals surface area contributed by atoms with Gasteiger partial charge in [-0.2, -0.15) is 0 Å². The molecule has 96 valence electrons. The van der Waals surface area contributed by atoms with Gasteiger partial charge in [0.25, 0.3) is 0 Å². The predicted octanol–water partition coefficient (Wildman–Crippen LogP) is 2.83. The fourth-order valence-corrected chi connectivity index (χ4v) is 1.49. The molecule has 0 spiro atoms. The topological polar surface area (TPSA) is 66.4 Å². The lowest BCUT2D eigenvalue weighted by molar-refractivity contribution is -0.131. The zero-order valence-corrected chi connectivity index (χ0v) is 10.6. The van der Waals surface area contributed by atoms with Crippen LogP contribution in [-0.4, -0.2) is 17.0 Å². The monoisotopic (exact) mass is 247 g/mol. The summed E-state index contributed by atoms with van der Waals surface area (Å²) in [5.41, 5.74) is 2.42. The molecule has 0 saturated heterocycles. The molecule has 0 heterocycles. The van der Waals surface area contributed by atoms with Crippen LogP contribution in [0.1, 0.15) is 30.9 Å². The van der Waals surface area contributed by atoms with Gasteiger partial charge >= 0.3 is 5.97 Å². The maximum absolute atomic E-state index is 11.5. The van der Waals surface area contributed by atoms with E-state index in [0.717, 1.165) is 29.3 Å². The van der Waals surface area contributed by atoms with Gasteiger partial charge in [0.05, 0.1) is 0 Å². The first-order valence-electron chi connectivity index (χ1n) is 5.84. The molecule has 1 aromatic carbocycles. The van der Waals surface area contributed by atoms with E-state index in [9.17, 15) is 9.59 Å². The van der Waals surface area contributed by atoms with Gasteiger partial charge in [0, 0.05) is 18.2 Å². The SMILES string of the molecule is CCCC(=O)Nc1cc(C=CC(=O)O)ccc1C. The van der Waals surface area contributed by atoms with Crippen molar-refractivity contribution in [1.82, 2.24) is 0 Å². The van der Waals surface area contributed by atoms with E-state index in [1.807, 2.05) is 26.0 Å². The Kier molecular flexibility index (Phi) is 5.11. The number of carboxylic acid groups (broad SMARTS) is 1. The fourth-order valence-electron chi connectivity index (χ4n) is 1.49. The van der Waals surface area contributed by atoms with E-state index in [0.29, 0.717) is 6.42 Å². The van der Waals surface area contributed by atoms with Crippen LogP contribution in [0.3, 0.4) is 0 Å². The van der Waals surface area contributed by atoms with Crippen molar-refractivity contribution in [3.8, 4) is 0 Å². The molecule has 1 aromatic rings. The molecule has 0 radical (unpaired) electrons. The molecule has 2 N–H and O–H groups in total. The van der Waals surface area contributed by atoms with E-state index in [4.69, 9.17) is 5.11 Å². The summed E-state index contributed by atoms with van der Waals surface area (Å²) < 4.78 is 0. The van der Waals surface area contributed by atoms with Gasteiger partial charge in [-0.05, 0) is 36.6 Å². The number of hydrogen-bond acceptors (Lipinski definition) is 2. The van der Waals surface area contributed by atoms with E-state index < -0.39 is 5.97 Å². The lowest BCUT2D eigenvalue weighted by atomic mass is 10.1. The number of aryl methyl sites for hydroxylation is 1. The number of carboxylic acids is 1. The number of carbonyl (C=O) groups excluding carboxylic acids is 1. The van der Waals surface area contributed by atoms with Crippen molar-refractivity contribution in [2.75, 3.05) is 5.32 Å². The molecule has 0 atom stereocenters. The number of carbonyl (C=O) groups is 2. The Morgan fingerprint density at radius 2 is 2.11 bits per heavy atom. The molecular weight excluding hydrogens is 230 g/mol. The fraction of sp³-hybridized carbons (Fsp3) is 0.286. The third-order valence-corrected chi connectivity index (χ3v) is 2.43. The van der Waals surface area contributed by atoms with Gasteiger partial charge in [-0.15, -0.1) is 0 Å². The second-order valence-electron chi connectivity index (χ2n) is 4.04. The van der Waals surface area contributed by atoms with Gasteiger partial charge in [0.2, 0.25) is 5.91 Å². The van der Waals surface area contributed by atoms with Crippen LogP contribution >= 0.6 is 0 Å². The van der Waals surface area contributed by atoms with E-state index in [-0.39, 0.29) is 5.91 Å². The second-order valence-corrected chi connectivity index (χ2v) is 4.04. The third-order valence-electron chi connectivity index (χ3n) is 2.43. The summed E-state index contributed by atoms with van der Waals surface area (Å²) in [6.07, 6.45) is 3.84. The van der Waals surface area contributed by atoms with Gasteiger partial charge < -0.3 is 10.4 Å². The van der Waals surface area contributed by atoms with Crippen molar-refractivity contribution >= 4 is 23.6 Å². The zero-order valence-electron chi connectivity index (χ0n) is 10.6. The summed E-state index contributed by atoms with van der Waals surface area (Å²) in [7, 11) is 0. The number of hydrogen-bond donors (Lipinski definition) is 2. The maximum atomic E-state index is 11.5. The van der Waals surface area contributed by atoms with Crippen LogP contribution in [-0.2, 0) is 9.59 Å². The molecule has 0 bridgehead atoms. The lowest BCUT2D eigenvalue weighted by Crippen LogP contribution is -2.11. The Labute approximate surface area is 106 Å². The molecule has 0 fully saturated rings. The first kappa shape index (κ1) is 14.0. The zero-order chi connectivity index (χ0) is 13.5. The number of benzene rings is 1. The third kappa shape index (κ3) is 4.41. The van der Waals surface area contributed by atoms with Crippen LogP contribution in [0.25, 0.3) is 6.08 Å². The summed E-state index contributed by atoms with van der Waals surface area (Å²) in [5.74, 6) is -1.02. The highest BCUT2D eigenvalue weighted by Gasteiger charge is 2.04. The van der Waals surface area contributed by atoms with Gasteiger partial charge in [0.1, 0.15) is 0 Å². The average molecular weight is 247 g/mol. The van der Waals surface area contributed by atoms with Crippen LogP contribution in [0, 0.1) is 6.92 Å². The summed E-state index contributed by atoms with van der Waals surface area (Å²) in [4.78, 5) is 21.9. The molecule has 0 aliphatic heterocycles. The van der Waals surface area contributed by atoms with Crippen LogP contribution in [0.5, 0.6) is 0 Å². The van der Waals surface area contributed by atoms with Gasteiger partial charge in [0.15, 0.2) is 0 Å². The van der Waals surface area contributed by atoms with Crippen molar-refractivity contribution in [2.45, 2.75) is 26.7 Å². The van der Waals surface area contributed by atoms with E-state index >= 15 is 0 Å². The molecule has 1 rings (SSSR count). The first-order chi connectivity index (χ1) is 8.52. The first-order valence-corrected chi connectivity index (χ1v) is 5.84. The molecular formula is C14H17NO3. The Morgan fingerprint density at radius 3 is 2.72 bits per heavy atom. The van der Waals surface area contributed by atoms with Crippen LogP contribution in [0.2, 0.25) is 0 Å². The van der Waals surface area contributed by atoms with E-state index in [1.54, 1.807) is 6.07 Å². The highest BCUT2D eigenvalue weighted by atomic mass is 16.4. The summed E-state index contributed by atoms with van der Waals surface area (Å²) >= 11 is 0. The molecule has 0 aromatic heterocycles. The second kappa shape index (κ2) is 6.59. The molecule has 1 amide bonds. The molecule has 0 aliphatic rings. The minimum Gasteiger partial charge on any atom is -0.478 e. The largest absolute Gasteiger partial charge is 0.478 e. The van der Waals surface area contributed by atoms with Crippen molar-refractivity contribution < 1.29 is 14.7 Å². The number of aliphatic carboxylic acids is 1. The Bertz CT molecular complexity index is 478. The van der Waals surface area contributed by atoms with Crippen LogP contribution in [0.15, 0.2) is 24.3 Å². The summed E-state index contributed by atoms with van der Waals surface area (Å²) in [6.45, 7) is 3.84. The highest BCUT2D eigenvalue weighted by Crippen LogP contribution is 2.18. The molecule has 0 aliphatic carbocycles. The van der Waals surface area contributed by atoms with E-state index in [1.165, 1.54) is 6.08 Å². The molecule has 4 nitrogen and oxygen atoms in total. The summed E-state index contributed by atoms with van der Waals surface area (Å²) in [5, 5.41) is 11.4. The molecule has 18 heavy (non-hydrogen) atoms. The van der Waals surface area contributed by atoms with E-state index in [2.05, 4.69) is 5.32 Å². The number of amides is 1. The standard InChI is InChI=1S/C14H17NO3/c1-3-4-13(16)15-12-9-11(6-5-10(12)2)7-8-14(17)18/h5-9H,3-4H2,1-2H3,(H,15,16)(H,17,18). The minimum absolute atomic E-state index is 0.0278. The van der Waals surface area contributed by atoms with Gasteiger partial charge in [-0.1, -0.05) is 19.1 Å². The van der Waals surface area contributed by atoms with Crippen molar-refractivity contribution in [3.63, 3.8) is 0 Å². The Balaban J connectivity index is 2.87. The Hall–Kier alpha value is -2.10. The van der Waals surface area contributed by atoms with Crippen molar-refractivity contribution in [3.05, 3.63) is 35.4 Å². The number of nitrogens with one attached hydrogen (secondary N) is 1. The van der Waals surface area contributed by atoms with Crippen molar-refractivity contribution in [2.24, 2.45) is 0 Å². The maximum Gasteiger partial charge on any atom is 0.328 e. The predicted molar refractivity (Wildman–Crippen MR) is 71.4 cm³/mol. The normalized spacial score (nSPS) is 10.6. The smallest absolute Gasteiger partial charge is 0.328 e. The van der Waals surface area contributed by atoms with Crippen LogP contribution in [0.4, 0.5) is 5.69 Å². The average Bonchev–Trinajstić information content (AvgIpc) is 2.30. The van der Waals surface area contributed by atoms with Crippen molar-refractivity contribution in [1.29, 1.82) is 0 Å². The number of rotatable bonds is 5. The Morgan fingerprint density at radius 1 is 1.39 bits per heavy atom. The molecule has 0 unspecified atom stereocenters. The minimum atomic E-state index is -0.993. The summed E-state index contributed by atoms with van der Waals surface area (Å²) in [6, 6.07) is 5.43.